The maximum atomic E-state index is 12.2. The van der Waals surface area contributed by atoms with Gasteiger partial charge in [-0.2, -0.15) is 0 Å². The van der Waals surface area contributed by atoms with E-state index in [9.17, 15) is 4.79 Å². The molecule has 2 aliphatic heterocycles. The number of anilines is 1. The minimum absolute atomic E-state index is 0. The largest absolute Gasteiger partial charge is 0.449 e. The van der Waals surface area contributed by atoms with Gasteiger partial charge in [0.05, 0.1) is 0 Å². The van der Waals surface area contributed by atoms with E-state index in [2.05, 4.69) is 10.6 Å². The predicted molar refractivity (Wildman–Crippen MR) is 83.2 cm³/mol. The predicted octanol–water partition coefficient (Wildman–Crippen LogP) is 2.55. The molecule has 0 aromatic heterocycles. The van der Waals surface area contributed by atoms with Crippen molar-refractivity contribution in [1.82, 2.24) is 5.32 Å². The molecule has 3 rings (SSSR count). The average Bonchev–Trinajstić information content (AvgIpc) is 2.73. The molecular formula is C15H21ClN2O3. The third-order valence-corrected chi connectivity index (χ3v) is 3.63. The Kier molecular flexibility index (Phi) is 4.64. The molecule has 21 heavy (non-hydrogen) atoms. The molecule has 5 nitrogen and oxygen atoms in total. The van der Waals surface area contributed by atoms with Crippen LogP contribution in [0.25, 0.3) is 0 Å². The molecule has 2 aliphatic rings. The van der Waals surface area contributed by atoms with Crippen molar-refractivity contribution in [3.8, 4) is 11.5 Å². The Labute approximate surface area is 130 Å². The standard InChI is InChI=1S/C15H20N2O3.ClH/c1-15(2)19-12-4-3-11(9-13(12)20-15)17-14(18)10-5-7-16-8-6-10;/h3-4,9-10,16H,5-8H2,1-2H3,(H,17,18);1H. The zero-order chi connectivity index (χ0) is 14.2. The number of rotatable bonds is 2. The van der Waals surface area contributed by atoms with Crippen LogP contribution >= 0.6 is 12.4 Å². The summed E-state index contributed by atoms with van der Waals surface area (Å²) >= 11 is 0. The van der Waals surface area contributed by atoms with Gasteiger partial charge in [0.1, 0.15) is 0 Å². The molecule has 0 bridgehead atoms. The second kappa shape index (κ2) is 6.12. The number of carbonyl (C=O) groups excluding carboxylic acids is 1. The maximum Gasteiger partial charge on any atom is 0.246 e. The Hall–Kier alpha value is -1.46. The summed E-state index contributed by atoms with van der Waals surface area (Å²) in [6.45, 7) is 5.54. The SMILES string of the molecule is CC1(C)Oc2ccc(NC(=O)C3CCNCC3)cc2O1.Cl. The first-order chi connectivity index (χ1) is 9.53. The van der Waals surface area contributed by atoms with Crippen LogP contribution in [-0.2, 0) is 4.79 Å². The number of piperidine rings is 1. The monoisotopic (exact) mass is 312 g/mol. The lowest BCUT2D eigenvalue weighted by Crippen LogP contribution is -2.34. The van der Waals surface area contributed by atoms with Crippen molar-refractivity contribution in [3.05, 3.63) is 18.2 Å². The Morgan fingerprint density at radius 1 is 1.24 bits per heavy atom. The fourth-order valence-corrected chi connectivity index (χ4v) is 2.63. The van der Waals surface area contributed by atoms with Crippen LogP contribution in [0.4, 0.5) is 5.69 Å². The number of fused-ring (bicyclic) bond motifs is 1. The Morgan fingerprint density at radius 2 is 1.90 bits per heavy atom. The molecule has 1 saturated heterocycles. The number of nitrogens with one attached hydrogen (secondary N) is 2. The van der Waals surface area contributed by atoms with Crippen molar-refractivity contribution in [3.63, 3.8) is 0 Å². The molecule has 2 N–H and O–H groups in total. The van der Waals surface area contributed by atoms with Gasteiger partial charge in [0.2, 0.25) is 11.7 Å². The van der Waals surface area contributed by atoms with Crippen molar-refractivity contribution in [2.24, 2.45) is 5.92 Å². The lowest BCUT2D eigenvalue weighted by atomic mass is 9.97. The van der Waals surface area contributed by atoms with Crippen molar-refractivity contribution in [2.45, 2.75) is 32.5 Å². The first kappa shape index (κ1) is 15.9. The normalized spacial score (nSPS) is 19.7. The molecule has 1 aromatic carbocycles. The molecule has 0 saturated carbocycles. The van der Waals surface area contributed by atoms with Crippen LogP contribution in [0.5, 0.6) is 11.5 Å². The lowest BCUT2D eigenvalue weighted by molar-refractivity contribution is -0.120. The van der Waals surface area contributed by atoms with Gasteiger partial charge >= 0.3 is 0 Å². The summed E-state index contributed by atoms with van der Waals surface area (Å²) in [5.41, 5.74) is 0.758. The molecule has 0 atom stereocenters. The highest BCUT2D eigenvalue weighted by atomic mass is 35.5. The minimum Gasteiger partial charge on any atom is -0.449 e. The molecule has 0 radical (unpaired) electrons. The summed E-state index contributed by atoms with van der Waals surface area (Å²) in [5, 5.41) is 6.23. The summed E-state index contributed by atoms with van der Waals surface area (Å²) in [6.07, 6.45) is 1.78. The van der Waals surface area contributed by atoms with Gasteiger partial charge in [-0.1, -0.05) is 0 Å². The van der Waals surface area contributed by atoms with Crippen molar-refractivity contribution < 1.29 is 14.3 Å². The summed E-state index contributed by atoms with van der Waals surface area (Å²) in [7, 11) is 0. The van der Waals surface area contributed by atoms with Crippen LogP contribution in [0, 0.1) is 5.92 Å². The summed E-state index contributed by atoms with van der Waals surface area (Å²) in [4.78, 5) is 12.2. The van der Waals surface area contributed by atoms with Gasteiger partial charge in [-0.15, -0.1) is 12.4 Å². The first-order valence-corrected chi connectivity index (χ1v) is 7.07. The van der Waals surface area contributed by atoms with Crippen molar-refractivity contribution >= 4 is 24.0 Å². The molecule has 116 valence electrons. The third kappa shape index (κ3) is 3.60. The number of benzene rings is 1. The molecular weight excluding hydrogens is 292 g/mol. The van der Waals surface area contributed by atoms with Gasteiger partial charge in [0.15, 0.2) is 11.5 Å². The zero-order valence-corrected chi connectivity index (χ0v) is 13.1. The van der Waals surface area contributed by atoms with Gasteiger partial charge in [0, 0.05) is 31.5 Å². The van der Waals surface area contributed by atoms with E-state index in [1.807, 2.05) is 32.0 Å². The minimum atomic E-state index is -0.639. The highest BCUT2D eigenvalue weighted by Crippen LogP contribution is 2.40. The van der Waals surface area contributed by atoms with Crippen molar-refractivity contribution in [1.29, 1.82) is 0 Å². The summed E-state index contributed by atoms with van der Waals surface area (Å²) in [6, 6.07) is 5.51. The second-order valence-corrected chi connectivity index (χ2v) is 5.78. The van der Waals surface area contributed by atoms with E-state index < -0.39 is 5.79 Å². The Bertz CT molecular complexity index is 528. The highest BCUT2D eigenvalue weighted by molar-refractivity contribution is 5.93. The fraction of sp³-hybridized carbons (Fsp3) is 0.533. The number of carbonyl (C=O) groups is 1. The quantitative estimate of drug-likeness (QED) is 0.881. The maximum absolute atomic E-state index is 12.2. The Morgan fingerprint density at radius 3 is 2.62 bits per heavy atom. The van der Waals surface area contributed by atoms with Crippen LogP contribution in [0.15, 0.2) is 18.2 Å². The topological polar surface area (TPSA) is 59.6 Å². The van der Waals surface area contributed by atoms with Crippen LogP contribution in [-0.4, -0.2) is 24.8 Å². The lowest BCUT2D eigenvalue weighted by Gasteiger charge is -2.21. The van der Waals surface area contributed by atoms with E-state index >= 15 is 0 Å². The summed E-state index contributed by atoms with van der Waals surface area (Å²) in [5.74, 6) is 0.940. The molecule has 6 heteroatoms. The first-order valence-electron chi connectivity index (χ1n) is 7.07. The fourth-order valence-electron chi connectivity index (χ4n) is 2.63. The molecule has 0 spiro atoms. The number of halogens is 1. The molecule has 2 heterocycles. The highest BCUT2D eigenvalue weighted by Gasteiger charge is 2.32. The van der Waals surface area contributed by atoms with E-state index in [4.69, 9.17) is 9.47 Å². The second-order valence-electron chi connectivity index (χ2n) is 5.78. The molecule has 1 aromatic rings. The molecule has 0 unspecified atom stereocenters. The van der Waals surface area contributed by atoms with E-state index in [1.54, 1.807) is 0 Å². The van der Waals surface area contributed by atoms with Gasteiger partial charge in [-0.05, 0) is 38.1 Å². The van der Waals surface area contributed by atoms with E-state index in [0.717, 1.165) is 37.4 Å². The van der Waals surface area contributed by atoms with E-state index in [1.165, 1.54) is 0 Å². The number of amides is 1. The summed E-state index contributed by atoms with van der Waals surface area (Å²) < 4.78 is 11.3. The van der Waals surface area contributed by atoms with E-state index in [0.29, 0.717) is 5.75 Å². The molecule has 1 fully saturated rings. The number of hydrogen-bond acceptors (Lipinski definition) is 4. The van der Waals surface area contributed by atoms with E-state index in [-0.39, 0.29) is 24.2 Å². The molecule has 0 aliphatic carbocycles. The van der Waals surface area contributed by atoms with Gasteiger partial charge in [-0.25, -0.2) is 0 Å². The van der Waals surface area contributed by atoms with Crippen molar-refractivity contribution in [2.75, 3.05) is 18.4 Å². The van der Waals surface area contributed by atoms with Gasteiger partial charge < -0.3 is 20.1 Å². The average molecular weight is 313 g/mol. The van der Waals surface area contributed by atoms with Crippen LogP contribution in [0.3, 0.4) is 0 Å². The van der Waals surface area contributed by atoms with Crippen LogP contribution < -0.4 is 20.1 Å². The number of hydrogen-bond donors (Lipinski definition) is 2. The smallest absolute Gasteiger partial charge is 0.246 e. The molecule has 1 amide bonds. The number of ether oxygens (including phenoxy) is 2. The Balaban J connectivity index is 0.00000161. The van der Waals surface area contributed by atoms with Crippen LogP contribution in [0.1, 0.15) is 26.7 Å². The van der Waals surface area contributed by atoms with Gasteiger partial charge in [-0.3, -0.25) is 4.79 Å². The van der Waals surface area contributed by atoms with Gasteiger partial charge in [0.25, 0.3) is 0 Å². The zero-order valence-electron chi connectivity index (χ0n) is 12.3. The third-order valence-electron chi connectivity index (χ3n) is 3.63. The van der Waals surface area contributed by atoms with Crippen LogP contribution in [0.2, 0.25) is 0 Å².